The van der Waals surface area contributed by atoms with Crippen molar-refractivity contribution < 1.29 is 14.3 Å². The molecule has 0 aliphatic rings. The van der Waals surface area contributed by atoms with E-state index < -0.39 is 17.5 Å². The van der Waals surface area contributed by atoms with E-state index in [1.54, 1.807) is 27.0 Å². The lowest BCUT2D eigenvalue weighted by Crippen LogP contribution is -2.50. The molecule has 3 rings (SSSR count). The van der Waals surface area contributed by atoms with Crippen LogP contribution in [0.2, 0.25) is 5.02 Å². The van der Waals surface area contributed by atoms with Crippen LogP contribution in [0.4, 0.5) is 0 Å². The van der Waals surface area contributed by atoms with Crippen molar-refractivity contribution in [1.82, 2.24) is 15.1 Å². The predicted molar refractivity (Wildman–Crippen MR) is 129 cm³/mol. The number of carbonyl (C=O) groups is 2. The number of rotatable bonds is 8. The Labute approximate surface area is 204 Å². The highest BCUT2D eigenvalue weighted by Crippen LogP contribution is 2.27. The van der Waals surface area contributed by atoms with Crippen molar-refractivity contribution in [1.29, 1.82) is 5.26 Å². The number of carbonyl (C=O) groups excluding carboxylic acids is 2. The number of aromatic nitrogens is 2. The second-order valence-electron chi connectivity index (χ2n) is 8.74. The number of nitrogens with zero attached hydrogens (tertiary/aromatic N) is 3. The van der Waals surface area contributed by atoms with E-state index in [1.807, 2.05) is 49.4 Å². The summed E-state index contributed by atoms with van der Waals surface area (Å²) in [5, 5.41) is 17.0. The first-order valence-electron chi connectivity index (χ1n) is 10.9. The fraction of sp³-hybridized carbons (Fsp3) is 0.308. The van der Waals surface area contributed by atoms with Crippen LogP contribution in [-0.2, 0) is 23.0 Å². The number of hydrogen-bond donors (Lipinski definition) is 1. The van der Waals surface area contributed by atoms with Crippen LogP contribution in [-0.4, -0.2) is 33.3 Å². The van der Waals surface area contributed by atoms with Gasteiger partial charge >= 0.3 is 5.97 Å². The normalized spacial score (nSPS) is 12.9. The molecule has 2 atom stereocenters. The maximum absolute atomic E-state index is 13.1. The van der Waals surface area contributed by atoms with Crippen LogP contribution in [0.1, 0.15) is 53.7 Å². The lowest BCUT2D eigenvalue weighted by Gasteiger charge is -2.30. The van der Waals surface area contributed by atoms with Gasteiger partial charge in [0.1, 0.15) is 0 Å². The first-order chi connectivity index (χ1) is 16.1. The van der Waals surface area contributed by atoms with Crippen LogP contribution >= 0.6 is 11.6 Å². The summed E-state index contributed by atoms with van der Waals surface area (Å²) >= 11 is 6.03. The molecule has 0 saturated carbocycles. The Hall–Kier alpha value is -3.63. The van der Waals surface area contributed by atoms with Crippen molar-refractivity contribution in [2.45, 2.75) is 44.8 Å². The maximum Gasteiger partial charge on any atom is 0.342 e. The SMILES string of the molecule is C[C@H](NC(=O)C(C)(C)OC(=O)c1cnn(C)c1)[C@@H](Cc1ccc(Cl)cc1)c1cccc(C#N)c1. The third kappa shape index (κ3) is 6.24. The highest BCUT2D eigenvalue weighted by molar-refractivity contribution is 6.30. The van der Waals surface area contributed by atoms with Crippen LogP contribution in [0.5, 0.6) is 0 Å². The van der Waals surface area contributed by atoms with Crippen molar-refractivity contribution in [2.75, 3.05) is 0 Å². The number of nitrogens with one attached hydrogen (secondary N) is 1. The molecule has 0 spiro atoms. The standard InChI is InChI=1S/C26H27ClN4O3/c1-17(30-25(33)26(2,3)34-24(32)21-15-29-31(4)16-21)23(13-18-8-10-22(27)11-9-18)20-7-5-6-19(12-20)14-28/h5-12,15-17,23H,13H2,1-4H3,(H,30,33)/t17-,23+/m0/s1. The van der Waals surface area contributed by atoms with E-state index in [9.17, 15) is 14.9 Å². The Kier molecular flexibility index (Phi) is 7.75. The summed E-state index contributed by atoms with van der Waals surface area (Å²) in [6.45, 7) is 5.00. The van der Waals surface area contributed by atoms with Gasteiger partial charge in [0.05, 0.1) is 23.4 Å². The van der Waals surface area contributed by atoms with Gasteiger partial charge < -0.3 is 10.1 Å². The molecular weight excluding hydrogens is 452 g/mol. The molecule has 34 heavy (non-hydrogen) atoms. The van der Waals surface area contributed by atoms with E-state index >= 15 is 0 Å². The molecule has 7 nitrogen and oxygen atoms in total. The quantitative estimate of drug-likeness (QED) is 0.483. The van der Waals surface area contributed by atoms with Gasteiger partial charge in [0.15, 0.2) is 5.60 Å². The summed E-state index contributed by atoms with van der Waals surface area (Å²) in [5.41, 5.74) is 1.38. The van der Waals surface area contributed by atoms with E-state index in [2.05, 4.69) is 16.5 Å². The number of halogens is 1. The molecule has 0 saturated heterocycles. The van der Waals surface area contributed by atoms with Gasteiger partial charge in [0, 0.05) is 30.2 Å². The summed E-state index contributed by atoms with van der Waals surface area (Å²) in [4.78, 5) is 25.6. The van der Waals surface area contributed by atoms with Gasteiger partial charge in [-0.1, -0.05) is 35.9 Å². The Bertz CT molecular complexity index is 1210. The number of nitriles is 1. The first kappa shape index (κ1) is 25.0. The molecule has 1 aromatic heterocycles. The van der Waals surface area contributed by atoms with Gasteiger partial charge in [-0.2, -0.15) is 10.4 Å². The van der Waals surface area contributed by atoms with Gasteiger partial charge in [-0.05, 0) is 62.6 Å². The molecule has 0 fully saturated rings. The second-order valence-corrected chi connectivity index (χ2v) is 9.18. The Morgan fingerprint density at radius 1 is 1.24 bits per heavy atom. The summed E-state index contributed by atoms with van der Waals surface area (Å²) in [7, 11) is 1.69. The number of hydrogen-bond acceptors (Lipinski definition) is 5. The van der Waals surface area contributed by atoms with Crippen molar-refractivity contribution in [2.24, 2.45) is 7.05 Å². The molecule has 1 N–H and O–H groups in total. The molecule has 1 amide bonds. The van der Waals surface area contributed by atoms with Gasteiger partial charge in [0.2, 0.25) is 0 Å². The van der Waals surface area contributed by atoms with Crippen molar-refractivity contribution in [3.63, 3.8) is 0 Å². The molecule has 0 bridgehead atoms. The minimum absolute atomic E-state index is 0.136. The van der Waals surface area contributed by atoms with E-state index in [0.717, 1.165) is 11.1 Å². The molecule has 0 unspecified atom stereocenters. The lowest BCUT2D eigenvalue weighted by atomic mass is 9.85. The molecule has 8 heteroatoms. The van der Waals surface area contributed by atoms with Crippen LogP contribution in [0.15, 0.2) is 60.9 Å². The Balaban J connectivity index is 1.79. The van der Waals surface area contributed by atoms with E-state index in [4.69, 9.17) is 16.3 Å². The second kappa shape index (κ2) is 10.5. The van der Waals surface area contributed by atoms with Crippen molar-refractivity contribution >= 4 is 23.5 Å². The average Bonchev–Trinajstić information content (AvgIpc) is 3.24. The third-order valence-electron chi connectivity index (χ3n) is 5.61. The molecule has 1 heterocycles. The molecule has 0 radical (unpaired) electrons. The number of aryl methyl sites for hydroxylation is 1. The summed E-state index contributed by atoms with van der Waals surface area (Å²) in [6.07, 6.45) is 3.54. The van der Waals surface area contributed by atoms with Gasteiger partial charge in [-0.3, -0.25) is 9.48 Å². The largest absolute Gasteiger partial charge is 0.446 e. The van der Waals surface area contributed by atoms with Gasteiger partial charge in [-0.15, -0.1) is 0 Å². The zero-order chi connectivity index (χ0) is 24.9. The lowest BCUT2D eigenvalue weighted by molar-refractivity contribution is -0.138. The van der Waals surface area contributed by atoms with Crippen LogP contribution in [0.3, 0.4) is 0 Å². The number of amides is 1. The summed E-state index contributed by atoms with van der Waals surface area (Å²) < 4.78 is 6.98. The molecule has 176 valence electrons. The number of esters is 1. The van der Waals surface area contributed by atoms with Crippen molar-refractivity contribution in [3.05, 3.63) is 88.2 Å². The fourth-order valence-electron chi connectivity index (χ4n) is 3.64. The molecular formula is C26H27ClN4O3. The zero-order valence-corrected chi connectivity index (χ0v) is 20.3. The molecule has 0 aliphatic carbocycles. The van der Waals surface area contributed by atoms with E-state index in [0.29, 0.717) is 17.0 Å². The summed E-state index contributed by atoms with van der Waals surface area (Å²) in [5.74, 6) is -1.18. The minimum atomic E-state index is -1.40. The maximum atomic E-state index is 13.1. The predicted octanol–water partition coefficient (Wildman–Crippen LogP) is 4.41. The van der Waals surface area contributed by atoms with E-state index in [1.165, 1.54) is 17.1 Å². The van der Waals surface area contributed by atoms with Crippen molar-refractivity contribution in [3.8, 4) is 6.07 Å². The van der Waals surface area contributed by atoms with Gasteiger partial charge in [-0.25, -0.2) is 4.79 Å². The Morgan fingerprint density at radius 3 is 2.56 bits per heavy atom. The number of benzene rings is 2. The van der Waals surface area contributed by atoms with Crippen LogP contribution in [0.25, 0.3) is 0 Å². The molecule has 2 aromatic carbocycles. The molecule has 0 aliphatic heterocycles. The highest BCUT2D eigenvalue weighted by atomic mass is 35.5. The fourth-order valence-corrected chi connectivity index (χ4v) is 3.77. The Morgan fingerprint density at radius 2 is 1.94 bits per heavy atom. The smallest absolute Gasteiger partial charge is 0.342 e. The number of ether oxygens (including phenoxy) is 1. The van der Waals surface area contributed by atoms with E-state index in [-0.39, 0.29) is 17.5 Å². The van der Waals surface area contributed by atoms with Gasteiger partial charge in [0.25, 0.3) is 5.91 Å². The average molecular weight is 479 g/mol. The molecule has 3 aromatic rings. The monoisotopic (exact) mass is 478 g/mol. The minimum Gasteiger partial charge on any atom is -0.446 e. The van der Waals surface area contributed by atoms with Crippen LogP contribution in [0, 0.1) is 11.3 Å². The first-order valence-corrected chi connectivity index (χ1v) is 11.2. The van der Waals surface area contributed by atoms with Crippen LogP contribution < -0.4 is 5.32 Å². The topological polar surface area (TPSA) is 97.0 Å². The third-order valence-corrected chi connectivity index (χ3v) is 5.86. The highest BCUT2D eigenvalue weighted by Gasteiger charge is 2.35. The summed E-state index contributed by atoms with van der Waals surface area (Å²) in [6, 6.07) is 16.7. The zero-order valence-electron chi connectivity index (χ0n) is 19.6.